The van der Waals surface area contributed by atoms with Crippen LogP contribution in [0.25, 0.3) is 11.1 Å². The number of nitrogens with zero attached hydrogens (tertiary/aromatic N) is 2. The molecule has 1 saturated heterocycles. The Morgan fingerprint density at radius 2 is 1.51 bits per heavy atom. The van der Waals surface area contributed by atoms with Crippen molar-refractivity contribution in [3.63, 3.8) is 0 Å². The largest absolute Gasteiger partial charge is 0.396 e. The first kappa shape index (κ1) is 23.4. The lowest BCUT2D eigenvalue weighted by atomic mass is 9.86. The zero-order valence-electron chi connectivity index (χ0n) is 20.4. The van der Waals surface area contributed by atoms with Crippen molar-refractivity contribution in [1.29, 1.82) is 0 Å². The lowest BCUT2D eigenvalue weighted by molar-refractivity contribution is -0.122. The van der Waals surface area contributed by atoms with Gasteiger partial charge < -0.3 is 15.0 Å². The molecule has 3 aromatic carbocycles. The zero-order valence-corrected chi connectivity index (χ0v) is 20.4. The molecule has 1 fully saturated rings. The van der Waals surface area contributed by atoms with Gasteiger partial charge in [-0.05, 0) is 34.9 Å². The molecule has 2 aliphatic heterocycles. The van der Waals surface area contributed by atoms with Gasteiger partial charge in [-0.3, -0.25) is 14.5 Å². The number of carbonyl (C=O) groups excluding carboxylic acids is 1. The number of anilines is 1. The Bertz CT molecular complexity index is 1450. The van der Waals surface area contributed by atoms with Crippen molar-refractivity contribution in [3.05, 3.63) is 125 Å². The molecule has 6 heteroatoms. The molecule has 0 spiro atoms. The number of aromatic nitrogens is 1. The minimum Gasteiger partial charge on any atom is -0.396 e. The topological polar surface area (TPSA) is 74.6 Å². The van der Waals surface area contributed by atoms with Gasteiger partial charge >= 0.3 is 0 Å². The van der Waals surface area contributed by atoms with Crippen LogP contribution in [0.3, 0.4) is 0 Å². The van der Waals surface area contributed by atoms with Crippen LogP contribution in [0, 0.1) is 11.8 Å². The number of amides is 1. The summed E-state index contributed by atoms with van der Waals surface area (Å²) in [7, 11) is 0. The average Bonchev–Trinajstić information content (AvgIpc) is 3.14. The van der Waals surface area contributed by atoms with Crippen molar-refractivity contribution >= 4 is 11.6 Å². The monoisotopic (exact) mass is 491 g/mol. The summed E-state index contributed by atoms with van der Waals surface area (Å²) in [6, 6.07) is 32.9. The van der Waals surface area contributed by atoms with Crippen molar-refractivity contribution < 1.29 is 9.90 Å². The van der Waals surface area contributed by atoms with E-state index in [0.717, 1.165) is 22.4 Å². The molecule has 0 saturated carbocycles. The highest BCUT2D eigenvalue weighted by molar-refractivity contribution is 5.94. The SMILES string of the molecule is O=C(Nc1ccc(-c2ccccc2)cc1)[C@@H]1[C@@H](CO)[C@@H]2Cn3c(cccc3=O)[C@H]1N2Cc1ccccc1. The maximum absolute atomic E-state index is 13.8. The lowest BCUT2D eigenvalue weighted by Crippen LogP contribution is -2.45. The molecule has 4 atom stereocenters. The smallest absolute Gasteiger partial charge is 0.250 e. The van der Waals surface area contributed by atoms with Crippen molar-refractivity contribution in [2.45, 2.75) is 25.2 Å². The quantitative estimate of drug-likeness (QED) is 0.421. The van der Waals surface area contributed by atoms with Crippen molar-refractivity contribution in [1.82, 2.24) is 9.47 Å². The van der Waals surface area contributed by atoms with E-state index in [1.807, 2.05) is 66.7 Å². The summed E-state index contributed by atoms with van der Waals surface area (Å²) >= 11 is 0. The van der Waals surface area contributed by atoms with E-state index in [-0.39, 0.29) is 36.1 Å². The van der Waals surface area contributed by atoms with Crippen LogP contribution in [0.1, 0.15) is 17.3 Å². The van der Waals surface area contributed by atoms with Crippen LogP contribution >= 0.6 is 0 Å². The van der Waals surface area contributed by atoms with E-state index in [1.165, 1.54) is 0 Å². The molecule has 4 aromatic rings. The predicted octanol–water partition coefficient (Wildman–Crippen LogP) is 4.32. The summed E-state index contributed by atoms with van der Waals surface area (Å²) in [6.45, 7) is 0.977. The van der Waals surface area contributed by atoms with Crippen LogP contribution in [0.4, 0.5) is 5.69 Å². The number of aliphatic hydroxyl groups excluding tert-OH is 1. The Labute approximate surface area is 215 Å². The number of rotatable bonds is 6. The second-order valence-electron chi connectivity index (χ2n) is 9.87. The summed E-state index contributed by atoms with van der Waals surface area (Å²) in [5.74, 6) is -0.929. The van der Waals surface area contributed by atoms with Gasteiger partial charge in [-0.1, -0.05) is 78.9 Å². The Kier molecular flexibility index (Phi) is 6.20. The number of benzene rings is 3. The number of pyridine rings is 1. The fraction of sp³-hybridized carbons (Fsp3) is 0.226. The summed E-state index contributed by atoms with van der Waals surface area (Å²) in [6.07, 6.45) is 0. The van der Waals surface area contributed by atoms with E-state index in [9.17, 15) is 14.7 Å². The van der Waals surface area contributed by atoms with Crippen LogP contribution < -0.4 is 10.9 Å². The van der Waals surface area contributed by atoms with Gasteiger partial charge in [0.25, 0.3) is 5.56 Å². The molecule has 2 N–H and O–H groups in total. The second-order valence-corrected chi connectivity index (χ2v) is 9.87. The highest BCUT2D eigenvalue weighted by Gasteiger charge is 2.55. The molecule has 3 heterocycles. The van der Waals surface area contributed by atoms with Crippen LogP contribution in [0.15, 0.2) is 108 Å². The minimum absolute atomic E-state index is 0.0684. The van der Waals surface area contributed by atoms with Crippen molar-refractivity contribution in [2.24, 2.45) is 11.8 Å². The molecule has 0 aliphatic carbocycles. The van der Waals surface area contributed by atoms with E-state index < -0.39 is 5.92 Å². The summed E-state index contributed by atoms with van der Waals surface area (Å²) < 4.78 is 1.78. The normalized spacial score (nSPS) is 22.4. The molecule has 1 amide bonds. The summed E-state index contributed by atoms with van der Waals surface area (Å²) in [5, 5.41) is 13.6. The number of fused-ring (bicyclic) bond motifs is 4. The van der Waals surface area contributed by atoms with Gasteiger partial charge in [0.05, 0.1) is 12.0 Å². The molecule has 2 bridgehead atoms. The fourth-order valence-electron chi connectivity index (χ4n) is 6.09. The highest BCUT2D eigenvalue weighted by Crippen LogP contribution is 2.49. The molecule has 0 radical (unpaired) electrons. The molecule has 6 rings (SSSR count). The molecule has 0 unspecified atom stereocenters. The summed E-state index contributed by atoms with van der Waals surface area (Å²) in [5.41, 5.74) is 4.80. The predicted molar refractivity (Wildman–Crippen MR) is 144 cm³/mol. The molecule has 2 aliphatic rings. The molecular formula is C31H29N3O3. The average molecular weight is 492 g/mol. The van der Waals surface area contributed by atoms with Gasteiger partial charge in [-0.25, -0.2) is 0 Å². The molecule has 186 valence electrons. The number of nitrogens with one attached hydrogen (secondary N) is 1. The molecule has 6 nitrogen and oxygen atoms in total. The van der Waals surface area contributed by atoms with Crippen LogP contribution in [0.2, 0.25) is 0 Å². The minimum atomic E-state index is -0.497. The first-order valence-electron chi connectivity index (χ1n) is 12.7. The van der Waals surface area contributed by atoms with Gasteiger partial charge in [0.2, 0.25) is 5.91 Å². The third kappa shape index (κ3) is 4.28. The first-order valence-corrected chi connectivity index (χ1v) is 12.7. The molecule has 1 aromatic heterocycles. The zero-order chi connectivity index (χ0) is 25.4. The van der Waals surface area contributed by atoms with E-state index in [1.54, 1.807) is 16.7 Å². The van der Waals surface area contributed by atoms with Crippen LogP contribution in [-0.2, 0) is 17.9 Å². The first-order chi connectivity index (χ1) is 18.1. The van der Waals surface area contributed by atoms with Gasteiger partial charge in [-0.2, -0.15) is 0 Å². The van der Waals surface area contributed by atoms with Gasteiger partial charge in [0.1, 0.15) is 0 Å². The maximum Gasteiger partial charge on any atom is 0.250 e. The van der Waals surface area contributed by atoms with Crippen molar-refractivity contribution in [2.75, 3.05) is 11.9 Å². The number of aliphatic hydroxyl groups is 1. The van der Waals surface area contributed by atoms with Crippen LogP contribution in [-0.4, -0.2) is 33.1 Å². The molecular weight excluding hydrogens is 462 g/mol. The Morgan fingerprint density at radius 1 is 0.838 bits per heavy atom. The third-order valence-electron chi connectivity index (χ3n) is 7.82. The lowest BCUT2D eigenvalue weighted by Gasteiger charge is -2.38. The maximum atomic E-state index is 13.8. The van der Waals surface area contributed by atoms with Gasteiger partial charge in [-0.15, -0.1) is 0 Å². The standard InChI is InChI=1S/C31H29N3O3/c35-20-25-27-19-33-26(12-7-13-28(33)36)30(34(27)18-21-8-3-1-4-9-21)29(25)31(37)32-24-16-14-23(15-17-24)22-10-5-2-6-11-22/h1-17,25,27,29-30,35H,18-20H2,(H,32,37)/t25-,27-,29+,30+/m0/s1. The Hall–Kier alpha value is -4.00. The summed E-state index contributed by atoms with van der Waals surface area (Å²) in [4.78, 5) is 28.9. The van der Waals surface area contributed by atoms with E-state index >= 15 is 0 Å². The van der Waals surface area contributed by atoms with E-state index in [0.29, 0.717) is 18.8 Å². The Balaban J connectivity index is 1.33. The van der Waals surface area contributed by atoms with Gasteiger partial charge in [0, 0.05) is 49.1 Å². The second kappa shape index (κ2) is 9.81. The number of hydrogen-bond donors (Lipinski definition) is 2. The van der Waals surface area contributed by atoms with E-state index in [2.05, 4.69) is 34.5 Å². The number of carbonyl (C=O) groups is 1. The van der Waals surface area contributed by atoms with Crippen LogP contribution in [0.5, 0.6) is 0 Å². The molecule has 37 heavy (non-hydrogen) atoms. The van der Waals surface area contributed by atoms with Crippen molar-refractivity contribution in [3.8, 4) is 11.1 Å². The number of hydrogen-bond acceptors (Lipinski definition) is 4. The fourth-order valence-corrected chi connectivity index (χ4v) is 6.09. The van der Waals surface area contributed by atoms with Gasteiger partial charge in [0.15, 0.2) is 0 Å². The Morgan fingerprint density at radius 3 is 2.22 bits per heavy atom. The highest BCUT2D eigenvalue weighted by atomic mass is 16.3. The van der Waals surface area contributed by atoms with E-state index in [4.69, 9.17) is 0 Å². The third-order valence-corrected chi connectivity index (χ3v) is 7.82.